The highest BCUT2D eigenvalue weighted by atomic mass is 15.1. The van der Waals surface area contributed by atoms with Crippen LogP contribution in [0.2, 0.25) is 0 Å². The summed E-state index contributed by atoms with van der Waals surface area (Å²) in [4.78, 5) is 4.85. The van der Waals surface area contributed by atoms with Gasteiger partial charge in [-0.25, -0.2) is 0 Å². The monoisotopic (exact) mass is 1580 g/mol. The number of anilines is 6. The number of nitrogens with zero attached hydrogens (tertiary/aromatic N) is 4. The number of benzene rings is 20. The maximum atomic E-state index is 2.43. The molecule has 20 aromatic carbocycles. The minimum Gasteiger partial charge on any atom is -0.310 e. The summed E-state index contributed by atoms with van der Waals surface area (Å²) in [6.45, 7) is 9.43. The molecule has 0 atom stereocenters. The van der Waals surface area contributed by atoms with Crippen LogP contribution < -0.4 is 9.80 Å². The maximum absolute atomic E-state index is 2.43. The largest absolute Gasteiger partial charge is 0.310 e. The van der Waals surface area contributed by atoms with Gasteiger partial charge in [0.25, 0.3) is 0 Å². The zero-order valence-corrected chi connectivity index (χ0v) is 69.5. The molecule has 0 N–H and O–H groups in total. The minimum atomic E-state index is -0.110. The summed E-state index contributed by atoms with van der Waals surface area (Å²) in [5.41, 5.74) is 36.5. The molecule has 2 aliphatic rings. The van der Waals surface area contributed by atoms with Crippen molar-refractivity contribution < 1.29 is 0 Å². The second-order valence-corrected chi connectivity index (χ2v) is 34.3. The Labute approximate surface area is 723 Å². The van der Waals surface area contributed by atoms with Gasteiger partial charge in [0.05, 0.1) is 33.4 Å². The summed E-state index contributed by atoms with van der Waals surface area (Å²) in [6, 6.07) is 165. The SMILES string of the molecule is CC1(C)c2ccccc2-c2ccc(N(c3ccc(-c4ccccc4)cc3)c3cccc(-c4cccc(-c5ccc6c(c5)c5ccccc5n6-c5cccc6ccccc56)c4)c3)cc21.CC1(C)c2ccccc2-c2ccc(N(c3cccc(-c4cccc(-c5ccc6c(c5)c5ccccc5n6-c5cccc6ccccc56)c4)c3)c3ccc4ccccc4c3)cc21. The van der Waals surface area contributed by atoms with Gasteiger partial charge in [-0.15, -0.1) is 0 Å². The van der Waals surface area contributed by atoms with Crippen LogP contribution in [0.25, 0.3) is 165 Å². The molecule has 22 aromatic rings. The average Bonchev–Trinajstić information content (AvgIpc) is 1.58. The Morgan fingerprint density at radius 2 is 0.484 bits per heavy atom. The van der Waals surface area contributed by atoms with Crippen molar-refractivity contribution in [2.75, 3.05) is 9.80 Å². The van der Waals surface area contributed by atoms with Crippen LogP contribution in [-0.4, -0.2) is 9.13 Å². The first-order chi connectivity index (χ1) is 61.0. The van der Waals surface area contributed by atoms with Crippen LogP contribution in [0.15, 0.2) is 449 Å². The third kappa shape index (κ3) is 12.4. The van der Waals surface area contributed by atoms with E-state index in [1.54, 1.807) is 0 Å². The van der Waals surface area contributed by atoms with E-state index in [-0.39, 0.29) is 10.8 Å². The van der Waals surface area contributed by atoms with Gasteiger partial charge < -0.3 is 18.9 Å². The molecule has 0 saturated carbocycles. The van der Waals surface area contributed by atoms with E-state index in [9.17, 15) is 0 Å². The van der Waals surface area contributed by atoms with Gasteiger partial charge in [-0.1, -0.05) is 343 Å². The summed E-state index contributed by atoms with van der Waals surface area (Å²) >= 11 is 0. The van der Waals surface area contributed by atoms with Gasteiger partial charge in [0, 0.05) is 77.3 Å². The lowest BCUT2D eigenvalue weighted by molar-refractivity contribution is 0.660. The predicted molar refractivity (Wildman–Crippen MR) is 526 cm³/mol. The van der Waals surface area contributed by atoms with Gasteiger partial charge >= 0.3 is 0 Å². The van der Waals surface area contributed by atoms with Crippen molar-refractivity contribution in [1.82, 2.24) is 9.13 Å². The van der Waals surface area contributed by atoms with Crippen molar-refractivity contribution in [3.63, 3.8) is 0 Å². The number of aromatic nitrogens is 2. The lowest BCUT2D eigenvalue weighted by Crippen LogP contribution is -2.16. The van der Waals surface area contributed by atoms with Gasteiger partial charge in [-0.2, -0.15) is 0 Å². The molecule has 0 aliphatic heterocycles. The summed E-state index contributed by atoms with van der Waals surface area (Å²) in [7, 11) is 0. The highest BCUT2D eigenvalue weighted by Gasteiger charge is 2.38. The Balaban J connectivity index is 0.000000143. The molecule has 2 aromatic heterocycles. The first-order valence-corrected chi connectivity index (χ1v) is 43.2. The minimum absolute atomic E-state index is 0.104. The van der Waals surface area contributed by atoms with Gasteiger partial charge in [-0.05, 0) is 255 Å². The third-order valence-electron chi connectivity index (χ3n) is 26.5. The van der Waals surface area contributed by atoms with Crippen LogP contribution >= 0.6 is 0 Å². The second-order valence-electron chi connectivity index (χ2n) is 34.3. The zero-order chi connectivity index (χ0) is 82.7. The Bertz CT molecular complexity index is 8000. The number of rotatable bonds is 13. The van der Waals surface area contributed by atoms with Gasteiger partial charge in [-0.3, -0.25) is 0 Å². The quantitative estimate of drug-likeness (QED) is 0.114. The standard InChI is InChI=1S/C61H44N2.C59H42N2/c1-61(2)56-26-10-8-24-52(56)53-35-34-50(40-57(53)61)62(48-32-29-42(30-33-48)41-15-4-3-5-16-41)49-22-13-21-46(38-49)44-19-12-20-45(37-44)47-31-36-60-55(39-47)54-25-9-11-27-59(54)63(60)58-28-14-18-43-17-6-7-23-51(43)58;1-59(2)54-25-9-7-23-50(54)51-32-31-48(38-55(51)59)60(47-30-28-39-14-3-4-16-43(39)35-47)46-21-12-20-44(36-46)41-18-11-19-42(34-41)45-29-33-58-53(37-45)52-24-8-10-26-57(52)61(58)56-27-13-17-40-15-5-6-22-49(40)56/h3-40H,1-2H3;3-38H,1-2H3. The Morgan fingerprint density at radius 1 is 0.169 bits per heavy atom. The fourth-order valence-electron chi connectivity index (χ4n) is 20.3. The molecule has 2 aliphatic carbocycles. The van der Waals surface area contributed by atoms with E-state index in [1.807, 2.05) is 0 Å². The molecule has 4 nitrogen and oxygen atoms in total. The number of fused-ring (bicyclic) bond motifs is 15. The molecule has 124 heavy (non-hydrogen) atoms. The number of hydrogen-bond donors (Lipinski definition) is 0. The van der Waals surface area contributed by atoms with E-state index >= 15 is 0 Å². The van der Waals surface area contributed by atoms with Crippen LogP contribution in [0.4, 0.5) is 34.1 Å². The first kappa shape index (κ1) is 73.5. The average molecular weight is 1580 g/mol. The van der Waals surface area contributed by atoms with E-state index < -0.39 is 0 Å². The molecular formula is C120H86N4. The zero-order valence-electron chi connectivity index (χ0n) is 69.5. The molecular weight excluding hydrogens is 1500 g/mol. The third-order valence-corrected chi connectivity index (χ3v) is 26.5. The fraction of sp³-hybridized carbons (Fsp3) is 0.0500. The molecule has 586 valence electrons. The molecule has 0 unspecified atom stereocenters. The molecule has 2 heterocycles. The van der Waals surface area contributed by atoms with E-state index in [0.29, 0.717) is 0 Å². The van der Waals surface area contributed by atoms with Gasteiger partial charge in [0.1, 0.15) is 0 Å². The van der Waals surface area contributed by atoms with E-state index in [2.05, 4.69) is 496 Å². The van der Waals surface area contributed by atoms with Gasteiger partial charge in [0.2, 0.25) is 0 Å². The molecule has 0 amide bonds. The van der Waals surface area contributed by atoms with Crippen molar-refractivity contribution in [3.05, 3.63) is 471 Å². The van der Waals surface area contributed by atoms with E-state index in [0.717, 1.165) is 34.1 Å². The Morgan fingerprint density at radius 3 is 0.984 bits per heavy atom. The molecule has 24 rings (SSSR count). The Hall–Kier alpha value is -15.6. The lowest BCUT2D eigenvalue weighted by atomic mass is 9.82. The smallest absolute Gasteiger partial charge is 0.0541 e. The highest BCUT2D eigenvalue weighted by Crippen LogP contribution is 2.54. The first-order valence-electron chi connectivity index (χ1n) is 43.2. The summed E-state index contributed by atoms with van der Waals surface area (Å²) in [6.07, 6.45) is 0. The number of para-hydroxylation sites is 2. The molecule has 0 spiro atoms. The molecule has 0 fully saturated rings. The number of hydrogen-bond acceptors (Lipinski definition) is 2. The fourth-order valence-corrected chi connectivity index (χ4v) is 20.3. The Kier molecular flexibility index (Phi) is 17.6. The van der Waals surface area contributed by atoms with Crippen molar-refractivity contribution in [1.29, 1.82) is 0 Å². The van der Waals surface area contributed by atoms with E-state index in [4.69, 9.17) is 0 Å². The van der Waals surface area contributed by atoms with Gasteiger partial charge in [0.15, 0.2) is 0 Å². The summed E-state index contributed by atoms with van der Waals surface area (Å²) in [5.74, 6) is 0. The lowest BCUT2D eigenvalue weighted by Gasteiger charge is -2.28. The van der Waals surface area contributed by atoms with Crippen molar-refractivity contribution in [3.8, 4) is 89.3 Å². The van der Waals surface area contributed by atoms with Crippen LogP contribution in [-0.2, 0) is 10.8 Å². The predicted octanol–water partition coefficient (Wildman–Crippen LogP) is 32.9. The van der Waals surface area contributed by atoms with Crippen LogP contribution in [0, 0.1) is 0 Å². The molecule has 0 saturated heterocycles. The topological polar surface area (TPSA) is 16.3 Å². The summed E-state index contributed by atoms with van der Waals surface area (Å²) < 4.78 is 4.86. The van der Waals surface area contributed by atoms with Crippen LogP contribution in [0.3, 0.4) is 0 Å². The maximum Gasteiger partial charge on any atom is 0.0541 e. The molecule has 0 radical (unpaired) electrons. The van der Waals surface area contributed by atoms with Crippen molar-refractivity contribution >= 4 is 110 Å². The van der Waals surface area contributed by atoms with Crippen molar-refractivity contribution in [2.45, 2.75) is 38.5 Å². The normalized spacial score (nSPS) is 12.8. The van der Waals surface area contributed by atoms with E-state index in [1.165, 1.54) is 187 Å². The highest BCUT2D eigenvalue weighted by molar-refractivity contribution is 6.14. The van der Waals surface area contributed by atoms with Crippen LogP contribution in [0.1, 0.15) is 49.9 Å². The van der Waals surface area contributed by atoms with Crippen molar-refractivity contribution in [2.24, 2.45) is 0 Å². The second kappa shape index (κ2) is 29.7. The molecule has 4 heteroatoms. The van der Waals surface area contributed by atoms with Crippen LogP contribution in [0.5, 0.6) is 0 Å². The molecule has 0 bridgehead atoms. The summed E-state index contributed by atoms with van der Waals surface area (Å²) in [5, 5.41) is 12.4.